The Morgan fingerprint density at radius 2 is 2.45 bits per heavy atom. The molecule has 11 heavy (non-hydrogen) atoms. The first kappa shape index (κ1) is 7.32. The third-order valence-corrected chi connectivity index (χ3v) is 3.09. The Morgan fingerprint density at radius 1 is 1.64 bits per heavy atom. The molecule has 2 atom stereocenters. The van der Waals surface area contributed by atoms with Gasteiger partial charge in [0.2, 0.25) is 0 Å². The molecule has 2 rings (SSSR count). The molecule has 1 nitrogen and oxygen atoms in total. The van der Waals surface area contributed by atoms with Crippen LogP contribution in [0.1, 0.15) is 22.8 Å². The molecular weight excluding hydrogens is 156 g/mol. The average molecular weight is 168 g/mol. The summed E-state index contributed by atoms with van der Waals surface area (Å²) < 4.78 is 5.24. The normalized spacial score (nSPS) is 28.9. The predicted molar refractivity (Wildman–Crippen MR) is 47.2 cm³/mol. The molecule has 1 aliphatic rings. The Balaban J connectivity index is 2.08. The minimum atomic E-state index is 0.504. The van der Waals surface area contributed by atoms with E-state index in [1.165, 1.54) is 16.9 Å². The van der Waals surface area contributed by atoms with Crippen LogP contribution in [0.5, 0.6) is 0 Å². The van der Waals surface area contributed by atoms with Gasteiger partial charge in [-0.1, -0.05) is 0 Å². The molecule has 1 saturated carbocycles. The SMILES string of the molecule is COC1CC1c1csc(C)c1. The van der Waals surface area contributed by atoms with Crippen LogP contribution in [-0.2, 0) is 4.74 Å². The molecule has 0 aromatic carbocycles. The van der Waals surface area contributed by atoms with Gasteiger partial charge in [0.1, 0.15) is 0 Å². The molecule has 0 radical (unpaired) electrons. The highest BCUT2D eigenvalue weighted by Crippen LogP contribution is 2.44. The molecule has 0 amide bonds. The molecule has 1 aromatic heterocycles. The van der Waals surface area contributed by atoms with E-state index in [-0.39, 0.29) is 0 Å². The van der Waals surface area contributed by atoms with Crippen LogP contribution in [0.15, 0.2) is 11.4 Å². The average Bonchev–Trinajstić information content (AvgIpc) is 2.68. The van der Waals surface area contributed by atoms with Crippen molar-refractivity contribution in [2.45, 2.75) is 25.4 Å². The van der Waals surface area contributed by atoms with Crippen molar-refractivity contribution in [1.29, 1.82) is 0 Å². The minimum absolute atomic E-state index is 0.504. The van der Waals surface area contributed by atoms with E-state index in [0.29, 0.717) is 12.0 Å². The lowest BCUT2D eigenvalue weighted by molar-refractivity contribution is 0.178. The van der Waals surface area contributed by atoms with Crippen molar-refractivity contribution in [2.24, 2.45) is 0 Å². The van der Waals surface area contributed by atoms with Crippen LogP contribution in [0.25, 0.3) is 0 Å². The van der Waals surface area contributed by atoms with Crippen molar-refractivity contribution in [1.82, 2.24) is 0 Å². The lowest BCUT2D eigenvalue weighted by Crippen LogP contribution is -1.88. The Labute approximate surface area is 71.0 Å². The quantitative estimate of drug-likeness (QED) is 0.659. The second-order valence-electron chi connectivity index (χ2n) is 3.11. The van der Waals surface area contributed by atoms with Crippen LogP contribution in [0.2, 0.25) is 0 Å². The number of thiophene rings is 1. The first-order valence-corrected chi connectivity index (χ1v) is 4.77. The van der Waals surface area contributed by atoms with Crippen LogP contribution >= 0.6 is 11.3 Å². The Hall–Kier alpha value is -0.340. The summed E-state index contributed by atoms with van der Waals surface area (Å²) >= 11 is 1.83. The maximum Gasteiger partial charge on any atom is 0.0647 e. The molecule has 1 heterocycles. The largest absolute Gasteiger partial charge is 0.381 e. The van der Waals surface area contributed by atoms with Gasteiger partial charge in [-0.3, -0.25) is 0 Å². The fourth-order valence-electron chi connectivity index (χ4n) is 1.44. The Morgan fingerprint density at radius 3 is 2.91 bits per heavy atom. The van der Waals surface area contributed by atoms with Crippen LogP contribution in [0.4, 0.5) is 0 Å². The number of rotatable bonds is 2. The van der Waals surface area contributed by atoms with Gasteiger partial charge in [0, 0.05) is 17.9 Å². The monoisotopic (exact) mass is 168 g/mol. The van der Waals surface area contributed by atoms with E-state index in [1.807, 2.05) is 11.3 Å². The van der Waals surface area contributed by atoms with Crippen molar-refractivity contribution in [3.63, 3.8) is 0 Å². The first-order chi connectivity index (χ1) is 5.31. The molecule has 0 saturated heterocycles. The maximum absolute atomic E-state index is 5.24. The highest BCUT2D eigenvalue weighted by molar-refractivity contribution is 7.10. The molecule has 1 aliphatic carbocycles. The van der Waals surface area contributed by atoms with Gasteiger partial charge in [0.25, 0.3) is 0 Å². The third-order valence-electron chi connectivity index (χ3n) is 2.21. The standard InChI is InChI=1S/C9H12OS/c1-6-3-7(5-11-6)8-4-9(8)10-2/h3,5,8-9H,4H2,1-2H3. The van der Waals surface area contributed by atoms with Gasteiger partial charge in [-0.05, 0) is 30.4 Å². The lowest BCUT2D eigenvalue weighted by Gasteiger charge is -1.92. The van der Waals surface area contributed by atoms with Gasteiger partial charge in [0.05, 0.1) is 6.10 Å². The number of aryl methyl sites for hydroxylation is 1. The van der Waals surface area contributed by atoms with Gasteiger partial charge in [-0.15, -0.1) is 11.3 Å². The van der Waals surface area contributed by atoms with E-state index in [2.05, 4.69) is 18.4 Å². The van der Waals surface area contributed by atoms with Crippen molar-refractivity contribution < 1.29 is 4.74 Å². The van der Waals surface area contributed by atoms with Gasteiger partial charge in [-0.2, -0.15) is 0 Å². The second kappa shape index (κ2) is 2.61. The molecular formula is C9H12OS. The summed E-state index contributed by atoms with van der Waals surface area (Å²) in [5.74, 6) is 0.699. The third kappa shape index (κ3) is 1.33. The van der Waals surface area contributed by atoms with E-state index < -0.39 is 0 Å². The molecule has 0 spiro atoms. The van der Waals surface area contributed by atoms with Gasteiger partial charge >= 0.3 is 0 Å². The molecule has 60 valence electrons. The number of methoxy groups -OCH3 is 1. The minimum Gasteiger partial charge on any atom is -0.381 e. The predicted octanol–water partition coefficient (Wildman–Crippen LogP) is 2.56. The second-order valence-corrected chi connectivity index (χ2v) is 4.22. The summed E-state index contributed by atoms with van der Waals surface area (Å²) in [4.78, 5) is 1.40. The van der Waals surface area contributed by atoms with Gasteiger partial charge in [-0.25, -0.2) is 0 Å². The Bertz CT molecular complexity index is 254. The van der Waals surface area contributed by atoms with Crippen molar-refractivity contribution >= 4 is 11.3 Å². The van der Waals surface area contributed by atoms with E-state index in [0.717, 1.165) is 0 Å². The van der Waals surface area contributed by atoms with Crippen molar-refractivity contribution in [3.05, 3.63) is 21.9 Å². The molecule has 0 N–H and O–H groups in total. The highest BCUT2D eigenvalue weighted by Gasteiger charge is 2.38. The van der Waals surface area contributed by atoms with Crippen molar-refractivity contribution in [3.8, 4) is 0 Å². The smallest absolute Gasteiger partial charge is 0.0647 e. The molecule has 0 aliphatic heterocycles. The summed E-state index contributed by atoms with van der Waals surface area (Å²) in [5.41, 5.74) is 1.47. The van der Waals surface area contributed by atoms with Crippen LogP contribution < -0.4 is 0 Å². The lowest BCUT2D eigenvalue weighted by atomic mass is 10.2. The summed E-state index contributed by atoms with van der Waals surface area (Å²) in [7, 11) is 1.80. The van der Waals surface area contributed by atoms with E-state index in [1.54, 1.807) is 7.11 Å². The molecule has 0 bridgehead atoms. The highest BCUT2D eigenvalue weighted by atomic mass is 32.1. The zero-order valence-electron chi connectivity index (χ0n) is 6.83. The summed E-state index contributed by atoms with van der Waals surface area (Å²) in [6.07, 6.45) is 1.72. The number of hydrogen-bond acceptors (Lipinski definition) is 2. The van der Waals surface area contributed by atoms with Crippen molar-refractivity contribution in [2.75, 3.05) is 7.11 Å². The summed E-state index contributed by atoms with van der Waals surface area (Å²) in [5, 5.41) is 2.25. The van der Waals surface area contributed by atoms with E-state index in [9.17, 15) is 0 Å². The van der Waals surface area contributed by atoms with Gasteiger partial charge < -0.3 is 4.74 Å². The zero-order valence-corrected chi connectivity index (χ0v) is 7.65. The maximum atomic E-state index is 5.24. The van der Waals surface area contributed by atoms with E-state index >= 15 is 0 Å². The summed E-state index contributed by atoms with van der Waals surface area (Å²) in [6, 6.07) is 2.27. The molecule has 1 aromatic rings. The fourth-order valence-corrected chi connectivity index (χ4v) is 2.21. The topological polar surface area (TPSA) is 9.23 Å². The molecule has 1 fully saturated rings. The Kier molecular flexibility index (Phi) is 1.74. The van der Waals surface area contributed by atoms with Crippen LogP contribution in [-0.4, -0.2) is 13.2 Å². The zero-order chi connectivity index (χ0) is 7.84. The number of hydrogen-bond donors (Lipinski definition) is 0. The molecule has 2 heteroatoms. The van der Waals surface area contributed by atoms with Crippen LogP contribution in [0.3, 0.4) is 0 Å². The molecule has 2 unspecified atom stereocenters. The van der Waals surface area contributed by atoms with Crippen LogP contribution in [0, 0.1) is 6.92 Å². The number of ether oxygens (including phenoxy) is 1. The fraction of sp³-hybridized carbons (Fsp3) is 0.556. The van der Waals surface area contributed by atoms with E-state index in [4.69, 9.17) is 4.74 Å². The first-order valence-electron chi connectivity index (χ1n) is 3.89. The summed E-state index contributed by atoms with van der Waals surface area (Å²) in [6.45, 7) is 2.15. The van der Waals surface area contributed by atoms with Gasteiger partial charge in [0.15, 0.2) is 0 Å².